The number of likely N-dealkylation sites (tertiary alicyclic amines) is 1. The van der Waals surface area contributed by atoms with Gasteiger partial charge in [-0.2, -0.15) is 0 Å². The third-order valence-corrected chi connectivity index (χ3v) is 6.86. The van der Waals surface area contributed by atoms with Gasteiger partial charge in [0.25, 0.3) is 5.91 Å². The number of hydrogen-bond donors (Lipinski definition) is 1. The summed E-state index contributed by atoms with van der Waals surface area (Å²) in [7, 11) is 1.65. The molecule has 1 amide bonds. The predicted octanol–water partition coefficient (Wildman–Crippen LogP) is 4.31. The van der Waals surface area contributed by atoms with Crippen LogP contribution in [0.15, 0.2) is 54.6 Å². The number of amides is 1. The largest absolute Gasteiger partial charge is 0.383 e. The zero-order chi connectivity index (χ0) is 20.1. The standard InChI is InChI=1S/C24H28N2O2S/c1-28-16-13-25-24(27)23-22(20-9-5-6-10-21(20)29-23)19-12-15-26(17-19)14-11-18-7-3-2-4-8-18/h2-10,19H,11-17H2,1H3,(H,25,27)/t19-/m1/s1. The molecule has 0 spiro atoms. The van der Waals surface area contributed by atoms with Crippen LogP contribution < -0.4 is 5.32 Å². The molecule has 1 saturated heterocycles. The number of benzene rings is 2. The summed E-state index contributed by atoms with van der Waals surface area (Å²) >= 11 is 1.62. The molecule has 0 unspecified atom stereocenters. The highest BCUT2D eigenvalue weighted by molar-refractivity contribution is 7.21. The van der Waals surface area contributed by atoms with E-state index in [1.54, 1.807) is 18.4 Å². The normalized spacial score (nSPS) is 17.1. The number of fused-ring (bicyclic) bond motifs is 1. The summed E-state index contributed by atoms with van der Waals surface area (Å²) in [5.41, 5.74) is 2.62. The number of ether oxygens (including phenoxy) is 1. The van der Waals surface area contributed by atoms with Crippen molar-refractivity contribution in [2.45, 2.75) is 18.8 Å². The number of methoxy groups -OCH3 is 1. The quantitative estimate of drug-likeness (QED) is 0.565. The average molecular weight is 409 g/mol. The summed E-state index contributed by atoms with van der Waals surface area (Å²) in [6.45, 7) is 4.25. The molecule has 5 heteroatoms. The number of carbonyl (C=O) groups is 1. The van der Waals surface area contributed by atoms with Crippen molar-refractivity contribution < 1.29 is 9.53 Å². The Morgan fingerprint density at radius 3 is 2.79 bits per heavy atom. The lowest BCUT2D eigenvalue weighted by Crippen LogP contribution is -2.27. The van der Waals surface area contributed by atoms with Gasteiger partial charge in [0.15, 0.2) is 0 Å². The Labute approximate surface area is 176 Å². The molecule has 4 nitrogen and oxygen atoms in total. The SMILES string of the molecule is COCCNC(=O)c1sc2ccccc2c1[C@@H]1CCN(CCc2ccccc2)C1. The van der Waals surface area contributed by atoms with Crippen molar-refractivity contribution >= 4 is 27.3 Å². The minimum Gasteiger partial charge on any atom is -0.383 e. The van der Waals surface area contributed by atoms with Crippen LogP contribution in [0.4, 0.5) is 0 Å². The number of hydrogen-bond acceptors (Lipinski definition) is 4. The van der Waals surface area contributed by atoms with Gasteiger partial charge in [0.2, 0.25) is 0 Å². The lowest BCUT2D eigenvalue weighted by Gasteiger charge is -2.17. The monoisotopic (exact) mass is 408 g/mol. The first-order valence-corrected chi connectivity index (χ1v) is 11.1. The summed E-state index contributed by atoms with van der Waals surface area (Å²) in [5, 5.41) is 4.26. The molecule has 3 aromatic rings. The smallest absolute Gasteiger partial charge is 0.261 e. The van der Waals surface area contributed by atoms with Gasteiger partial charge in [-0.25, -0.2) is 0 Å². The molecule has 0 saturated carbocycles. The average Bonchev–Trinajstić information content (AvgIpc) is 3.37. The highest BCUT2D eigenvalue weighted by atomic mass is 32.1. The molecule has 0 bridgehead atoms. The molecule has 1 fully saturated rings. The van der Waals surface area contributed by atoms with Crippen molar-refractivity contribution in [1.29, 1.82) is 0 Å². The van der Waals surface area contributed by atoms with Crippen molar-refractivity contribution in [2.24, 2.45) is 0 Å². The van der Waals surface area contributed by atoms with Crippen molar-refractivity contribution in [3.8, 4) is 0 Å². The van der Waals surface area contributed by atoms with Crippen molar-refractivity contribution in [3.05, 3.63) is 70.6 Å². The first-order valence-electron chi connectivity index (χ1n) is 10.3. The molecule has 1 aliphatic heterocycles. The van der Waals surface area contributed by atoms with Gasteiger partial charge < -0.3 is 15.0 Å². The van der Waals surface area contributed by atoms with E-state index in [2.05, 4.69) is 64.8 Å². The fourth-order valence-corrected chi connectivity index (χ4v) is 5.40. The first kappa shape index (κ1) is 20.1. The summed E-state index contributed by atoms with van der Waals surface area (Å²) < 4.78 is 6.27. The Balaban J connectivity index is 1.50. The van der Waals surface area contributed by atoms with Crippen LogP contribution in [0.5, 0.6) is 0 Å². The molecule has 1 N–H and O–H groups in total. The highest BCUT2D eigenvalue weighted by Crippen LogP contribution is 2.40. The Bertz CT molecular complexity index is 954. The van der Waals surface area contributed by atoms with E-state index in [9.17, 15) is 4.79 Å². The zero-order valence-corrected chi connectivity index (χ0v) is 17.7. The molecule has 1 aliphatic rings. The molecule has 29 heavy (non-hydrogen) atoms. The van der Waals surface area contributed by atoms with Crippen LogP contribution in [0, 0.1) is 0 Å². The Morgan fingerprint density at radius 2 is 1.97 bits per heavy atom. The molecule has 4 rings (SSSR count). The fraction of sp³-hybridized carbons (Fsp3) is 0.375. The van der Waals surface area contributed by atoms with Gasteiger partial charge in [-0.1, -0.05) is 48.5 Å². The van der Waals surface area contributed by atoms with Gasteiger partial charge in [0.1, 0.15) is 0 Å². The van der Waals surface area contributed by atoms with Crippen LogP contribution in [0.3, 0.4) is 0 Å². The highest BCUT2D eigenvalue weighted by Gasteiger charge is 2.30. The van der Waals surface area contributed by atoms with Gasteiger partial charge in [-0.3, -0.25) is 4.79 Å². The van der Waals surface area contributed by atoms with E-state index in [0.717, 1.165) is 37.4 Å². The third kappa shape index (κ3) is 4.69. The van der Waals surface area contributed by atoms with E-state index in [0.29, 0.717) is 19.1 Å². The minimum atomic E-state index is 0.0287. The Kier molecular flexibility index (Phi) is 6.60. The molecule has 152 valence electrons. The van der Waals surface area contributed by atoms with E-state index in [1.165, 1.54) is 21.2 Å². The van der Waals surface area contributed by atoms with E-state index in [-0.39, 0.29) is 5.91 Å². The van der Waals surface area contributed by atoms with Crippen LogP contribution in [0.2, 0.25) is 0 Å². The van der Waals surface area contributed by atoms with Crippen LogP contribution in [-0.2, 0) is 11.2 Å². The molecular weight excluding hydrogens is 380 g/mol. The summed E-state index contributed by atoms with van der Waals surface area (Å²) in [6, 6.07) is 19.1. The maximum Gasteiger partial charge on any atom is 0.261 e. The third-order valence-electron chi connectivity index (χ3n) is 5.67. The molecular formula is C24H28N2O2S. The Hall–Kier alpha value is -2.21. The second-order valence-electron chi connectivity index (χ2n) is 7.61. The van der Waals surface area contributed by atoms with Gasteiger partial charge in [0.05, 0.1) is 11.5 Å². The summed E-state index contributed by atoms with van der Waals surface area (Å²) in [5.74, 6) is 0.436. The minimum absolute atomic E-state index is 0.0287. The van der Waals surface area contributed by atoms with E-state index >= 15 is 0 Å². The number of rotatable bonds is 8. The predicted molar refractivity (Wildman–Crippen MR) is 120 cm³/mol. The van der Waals surface area contributed by atoms with E-state index in [1.807, 2.05) is 0 Å². The first-order chi connectivity index (χ1) is 14.3. The maximum absolute atomic E-state index is 12.9. The van der Waals surface area contributed by atoms with Gasteiger partial charge in [-0.15, -0.1) is 11.3 Å². The van der Waals surface area contributed by atoms with Gasteiger partial charge in [-0.05, 0) is 42.0 Å². The molecule has 0 radical (unpaired) electrons. The van der Waals surface area contributed by atoms with Crippen LogP contribution in [0.1, 0.15) is 33.1 Å². The number of nitrogens with zero attached hydrogens (tertiary/aromatic N) is 1. The maximum atomic E-state index is 12.9. The second-order valence-corrected chi connectivity index (χ2v) is 8.66. The lowest BCUT2D eigenvalue weighted by atomic mass is 9.95. The van der Waals surface area contributed by atoms with Crippen LogP contribution in [0.25, 0.3) is 10.1 Å². The lowest BCUT2D eigenvalue weighted by molar-refractivity contribution is 0.0940. The second kappa shape index (κ2) is 9.53. The van der Waals surface area contributed by atoms with Crippen LogP contribution in [-0.4, -0.2) is 50.7 Å². The van der Waals surface area contributed by atoms with Gasteiger partial charge in [0, 0.05) is 37.4 Å². The number of carbonyl (C=O) groups excluding carboxylic acids is 1. The molecule has 2 aromatic carbocycles. The van der Waals surface area contributed by atoms with Crippen molar-refractivity contribution in [2.75, 3.05) is 39.9 Å². The molecule has 1 atom stereocenters. The zero-order valence-electron chi connectivity index (χ0n) is 16.9. The van der Waals surface area contributed by atoms with Gasteiger partial charge >= 0.3 is 0 Å². The van der Waals surface area contributed by atoms with Crippen molar-refractivity contribution in [1.82, 2.24) is 10.2 Å². The molecule has 0 aliphatic carbocycles. The van der Waals surface area contributed by atoms with Crippen molar-refractivity contribution in [3.63, 3.8) is 0 Å². The van der Waals surface area contributed by atoms with E-state index < -0.39 is 0 Å². The fourth-order valence-electron chi connectivity index (χ4n) is 4.19. The Morgan fingerprint density at radius 1 is 1.17 bits per heavy atom. The van der Waals surface area contributed by atoms with Crippen LogP contribution >= 0.6 is 11.3 Å². The number of thiophene rings is 1. The number of nitrogens with one attached hydrogen (secondary N) is 1. The summed E-state index contributed by atoms with van der Waals surface area (Å²) in [6.07, 6.45) is 2.18. The summed E-state index contributed by atoms with van der Waals surface area (Å²) in [4.78, 5) is 16.3. The van der Waals surface area contributed by atoms with E-state index in [4.69, 9.17) is 4.74 Å². The molecule has 1 aromatic heterocycles. The topological polar surface area (TPSA) is 41.6 Å². The molecule has 2 heterocycles.